The van der Waals surface area contributed by atoms with E-state index in [4.69, 9.17) is 4.74 Å². The second-order valence-electron chi connectivity index (χ2n) is 13.1. The second kappa shape index (κ2) is 8.33. The Morgan fingerprint density at radius 3 is 2.82 bits per heavy atom. The van der Waals surface area contributed by atoms with Crippen molar-refractivity contribution in [1.29, 1.82) is 0 Å². The number of fused-ring (bicyclic) bond motifs is 1. The molecule has 9 rings (SSSR count). The van der Waals surface area contributed by atoms with E-state index < -0.39 is 6.10 Å². The van der Waals surface area contributed by atoms with Crippen LogP contribution in [-0.2, 0) is 23.7 Å². The first-order chi connectivity index (χ1) is 18.5. The van der Waals surface area contributed by atoms with E-state index in [1.165, 1.54) is 56.2 Å². The van der Waals surface area contributed by atoms with Crippen LogP contribution in [0.15, 0.2) is 48.6 Å². The van der Waals surface area contributed by atoms with Crippen LogP contribution in [0.4, 0.5) is 0 Å². The number of aliphatic hydroxyl groups is 1. The number of benzene rings is 2. The number of phenolic OH excluding ortho intramolecular Hbond substituents is 1. The molecule has 0 aromatic heterocycles. The Morgan fingerprint density at radius 1 is 1.00 bits per heavy atom. The molecule has 8 atom stereocenters. The molecule has 2 aromatic rings. The fourth-order valence-corrected chi connectivity index (χ4v) is 10.1. The van der Waals surface area contributed by atoms with Gasteiger partial charge in [-0.05, 0) is 87.3 Å². The van der Waals surface area contributed by atoms with Crippen molar-refractivity contribution in [3.63, 3.8) is 0 Å². The van der Waals surface area contributed by atoms with Crippen LogP contribution in [-0.4, -0.2) is 59.5 Å². The van der Waals surface area contributed by atoms with E-state index in [2.05, 4.69) is 47.6 Å². The van der Waals surface area contributed by atoms with Crippen LogP contribution in [0.5, 0.6) is 11.5 Å². The number of nitrogens with one attached hydrogen (secondary N) is 1. The Morgan fingerprint density at radius 2 is 1.89 bits per heavy atom. The summed E-state index contributed by atoms with van der Waals surface area (Å²) in [5, 5.41) is 24.4. The SMILES string of the molecule is CN1CC[C@]23c4c5ccc(O)c4O[C@H]2[C@@H](O)C=C[C@H]3[C@H]1C5.c1ccc2c(c1)C[C@H]1NCC[C@@]23CCCC[C@@H]13. The minimum Gasteiger partial charge on any atom is -0.504 e. The highest BCUT2D eigenvalue weighted by Crippen LogP contribution is 2.62. The summed E-state index contributed by atoms with van der Waals surface area (Å²) in [5.41, 5.74) is 6.17. The van der Waals surface area contributed by atoms with Gasteiger partial charge in [0.25, 0.3) is 0 Å². The summed E-state index contributed by atoms with van der Waals surface area (Å²) >= 11 is 0. The second-order valence-corrected chi connectivity index (χ2v) is 13.1. The monoisotopic (exact) mass is 512 g/mol. The van der Waals surface area contributed by atoms with E-state index in [9.17, 15) is 10.2 Å². The van der Waals surface area contributed by atoms with Gasteiger partial charge in [0.15, 0.2) is 11.5 Å². The maximum absolute atomic E-state index is 10.4. The molecule has 0 amide bonds. The van der Waals surface area contributed by atoms with Crippen LogP contribution in [0.2, 0.25) is 0 Å². The fraction of sp³-hybridized carbons (Fsp3) is 0.576. The van der Waals surface area contributed by atoms with Gasteiger partial charge in [-0.2, -0.15) is 0 Å². The molecular weight excluding hydrogens is 472 g/mol. The minimum absolute atomic E-state index is 0.160. The summed E-state index contributed by atoms with van der Waals surface area (Å²) in [6, 6.07) is 14.2. The molecule has 3 N–H and O–H groups in total. The van der Waals surface area contributed by atoms with E-state index in [1.807, 2.05) is 12.1 Å². The predicted octanol–water partition coefficient (Wildman–Crippen LogP) is 4.23. The third-order valence-electron chi connectivity index (χ3n) is 11.7. The summed E-state index contributed by atoms with van der Waals surface area (Å²) in [6.07, 6.45) is 13.6. The highest BCUT2D eigenvalue weighted by Gasteiger charge is 2.64. The van der Waals surface area contributed by atoms with Crippen molar-refractivity contribution in [3.05, 3.63) is 70.8 Å². The van der Waals surface area contributed by atoms with Gasteiger partial charge in [-0.3, -0.25) is 0 Å². The topological polar surface area (TPSA) is 65.0 Å². The molecule has 1 spiro atoms. The number of aromatic hydroxyl groups is 1. The van der Waals surface area contributed by atoms with Gasteiger partial charge in [-0.15, -0.1) is 0 Å². The zero-order chi connectivity index (χ0) is 25.6. The molecule has 5 nitrogen and oxygen atoms in total. The number of likely N-dealkylation sites (N-methyl/N-ethyl adjacent to an activating group) is 1. The molecule has 4 aliphatic carbocycles. The zero-order valence-electron chi connectivity index (χ0n) is 22.4. The number of ether oxygens (including phenoxy) is 1. The van der Waals surface area contributed by atoms with Gasteiger partial charge in [-0.1, -0.05) is 55.3 Å². The molecule has 3 aliphatic heterocycles. The largest absolute Gasteiger partial charge is 0.504 e. The Kier molecular flexibility index (Phi) is 5.16. The van der Waals surface area contributed by atoms with Crippen LogP contribution in [0.25, 0.3) is 0 Å². The molecule has 0 radical (unpaired) electrons. The average Bonchev–Trinajstić information content (AvgIpc) is 3.30. The molecule has 200 valence electrons. The van der Waals surface area contributed by atoms with Crippen molar-refractivity contribution >= 4 is 0 Å². The summed E-state index contributed by atoms with van der Waals surface area (Å²) in [4.78, 5) is 2.43. The van der Waals surface area contributed by atoms with Crippen molar-refractivity contribution in [2.75, 3.05) is 20.1 Å². The van der Waals surface area contributed by atoms with Crippen molar-refractivity contribution in [2.45, 2.75) is 86.5 Å². The average molecular weight is 513 g/mol. The van der Waals surface area contributed by atoms with Gasteiger partial charge in [0.1, 0.15) is 12.2 Å². The molecule has 2 saturated heterocycles. The fourth-order valence-electron chi connectivity index (χ4n) is 10.1. The Labute approximate surface area is 225 Å². The van der Waals surface area contributed by atoms with E-state index in [1.54, 1.807) is 17.2 Å². The van der Waals surface area contributed by atoms with E-state index >= 15 is 0 Å². The van der Waals surface area contributed by atoms with E-state index in [0.717, 1.165) is 31.3 Å². The number of piperidine rings is 2. The third-order valence-corrected chi connectivity index (χ3v) is 11.7. The van der Waals surface area contributed by atoms with Crippen LogP contribution in [0.1, 0.15) is 60.8 Å². The zero-order valence-corrected chi connectivity index (χ0v) is 22.4. The van der Waals surface area contributed by atoms with Gasteiger partial charge in [-0.25, -0.2) is 0 Å². The van der Waals surface area contributed by atoms with E-state index in [0.29, 0.717) is 23.1 Å². The Bertz CT molecular complexity index is 1300. The lowest BCUT2D eigenvalue weighted by molar-refractivity contribution is -0.0453. The molecule has 5 heteroatoms. The Balaban J connectivity index is 0.000000121. The summed E-state index contributed by atoms with van der Waals surface area (Å²) in [7, 11) is 2.19. The Hall–Kier alpha value is -2.34. The number of hydrogen-bond donors (Lipinski definition) is 3. The lowest BCUT2D eigenvalue weighted by Crippen LogP contribution is -2.64. The lowest BCUT2D eigenvalue weighted by atomic mass is 9.53. The molecule has 7 aliphatic rings. The van der Waals surface area contributed by atoms with Crippen LogP contribution in [0.3, 0.4) is 0 Å². The molecule has 3 heterocycles. The van der Waals surface area contributed by atoms with Gasteiger partial charge in [0.2, 0.25) is 0 Å². The maximum Gasteiger partial charge on any atom is 0.165 e. The summed E-state index contributed by atoms with van der Waals surface area (Å²) in [6.45, 7) is 2.24. The van der Waals surface area contributed by atoms with Crippen molar-refractivity contribution in [1.82, 2.24) is 10.2 Å². The van der Waals surface area contributed by atoms with E-state index in [-0.39, 0.29) is 17.3 Å². The highest BCUT2D eigenvalue weighted by atomic mass is 16.5. The molecular formula is C33H40N2O3. The molecule has 2 aromatic carbocycles. The summed E-state index contributed by atoms with van der Waals surface area (Å²) < 4.78 is 6.09. The number of phenols is 1. The number of likely N-dealkylation sites (tertiary alicyclic amines) is 1. The third kappa shape index (κ3) is 2.99. The minimum atomic E-state index is -0.594. The first kappa shape index (κ1) is 23.5. The van der Waals surface area contributed by atoms with Crippen LogP contribution >= 0.6 is 0 Å². The first-order valence-electron chi connectivity index (χ1n) is 14.9. The van der Waals surface area contributed by atoms with Crippen molar-refractivity contribution in [2.24, 2.45) is 11.8 Å². The standard InChI is InChI=1S/C17H19NO3.C16H21N/c1-18-7-6-17-10-3-5-13(20)16(17)21-15-12(19)4-2-9(14(15)17)8-11(10)18;1-2-6-13-12(5-1)11-15-14-7-3-4-8-16(13,14)9-10-17-15/h2-5,10-11,13,16,19-20H,6-8H2,1H3;1-2,5-6,14-15,17H,3-4,7-11H2/t10-,11+,13-,16-,17-;14-,15+,16-/m00/s1. The lowest BCUT2D eigenvalue weighted by Gasteiger charge is -2.56. The highest BCUT2D eigenvalue weighted by molar-refractivity contribution is 5.61. The van der Waals surface area contributed by atoms with Crippen molar-refractivity contribution in [3.8, 4) is 11.5 Å². The molecule has 0 unspecified atom stereocenters. The van der Waals surface area contributed by atoms with Gasteiger partial charge in [0.05, 0.1) is 0 Å². The number of nitrogens with zero attached hydrogens (tertiary/aromatic N) is 1. The predicted molar refractivity (Wildman–Crippen MR) is 148 cm³/mol. The van der Waals surface area contributed by atoms with Crippen molar-refractivity contribution < 1.29 is 14.9 Å². The number of aliphatic hydroxyl groups excluding tert-OH is 1. The quantitative estimate of drug-likeness (QED) is 0.461. The number of rotatable bonds is 0. The van der Waals surface area contributed by atoms with Gasteiger partial charge >= 0.3 is 0 Å². The molecule has 3 fully saturated rings. The normalized spacial score (nSPS) is 41.1. The van der Waals surface area contributed by atoms with Gasteiger partial charge in [0, 0.05) is 34.4 Å². The van der Waals surface area contributed by atoms with Crippen LogP contribution in [0, 0.1) is 11.8 Å². The van der Waals surface area contributed by atoms with Crippen LogP contribution < -0.4 is 10.1 Å². The maximum atomic E-state index is 10.4. The first-order valence-corrected chi connectivity index (χ1v) is 14.9. The summed E-state index contributed by atoms with van der Waals surface area (Å²) in [5.74, 6) is 2.11. The smallest absolute Gasteiger partial charge is 0.165 e. The van der Waals surface area contributed by atoms with Gasteiger partial charge < -0.3 is 25.2 Å². The molecule has 1 saturated carbocycles. The molecule has 4 bridgehead atoms. The number of hydrogen-bond acceptors (Lipinski definition) is 5. The molecule has 38 heavy (non-hydrogen) atoms.